The zero-order valence-corrected chi connectivity index (χ0v) is 14.5. The lowest BCUT2D eigenvalue weighted by Crippen LogP contribution is -2.23. The second-order valence-electron chi connectivity index (χ2n) is 5.28. The molecule has 1 amide bonds. The van der Waals surface area contributed by atoms with E-state index in [0.717, 1.165) is 26.9 Å². The van der Waals surface area contributed by atoms with Gasteiger partial charge in [-0.25, -0.2) is 9.50 Å². The summed E-state index contributed by atoms with van der Waals surface area (Å²) in [6, 6.07) is 11.8. The first-order valence-corrected chi connectivity index (χ1v) is 9.19. The van der Waals surface area contributed by atoms with E-state index in [1.54, 1.807) is 11.3 Å². The minimum atomic E-state index is -0.0860. The van der Waals surface area contributed by atoms with Gasteiger partial charge in [-0.3, -0.25) is 4.79 Å². The van der Waals surface area contributed by atoms with Crippen molar-refractivity contribution < 1.29 is 4.79 Å². The van der Waals surface area contributed by atoms with Crippen LogP contribution in [0.4, 0.5) is 0 Å². The van der Waals surface area contributed by atoms with Gasteiger partial charge in [0.2, 0.25) is 4.96 Å². The maximum absolute atomic E-state index is 12.2. The number of thiophene rings is 1. The number of rotatable bonds is 4. The number of hydrogen-bond donors (Lipinski definition) is 1. The number of aryl methyl sites for hydroxylation is 1. The molecular weight excluding hydrogens is 340 g/mol. The number of amides is 1. The van der Waals surface area contributed by atoms with Crippen LogP contribution in [0.15, 0.2) is 47.2 Å². The van der Waals surface area contributed by atoms with Crippen LogP contribution in [0.3, 0.4) is 0 Å². The summed E-state index contributed by atoms with van der Waals surface area (Å²) in [5.41, 5.74) is 3.45. The van der Waals surface area contributed by atoms with Gasteiger partial charge >= 0.3 is 0 Å². The van der Waals surface area contributed by atoms with Crippen LogP contribution in [0.2, 0.25) is 0 Å². The molecule has 0 spiro atoms. The Morgan fingerprint density at radius 2 is 2.08 bits per heavy atom. The van der Waals surface area contributed by atoms with Gasteiger partial charge in [0.05, 0.1) is 17.9 Å². The highest BCUT2D eigenvalue weighted by atomic mass is 32.1. The standard InChI is InChI=1S/C17H14N4OS2/c1-11-20-21-14(9-18-16(22)13-7-8-23-10-13)15(19-17(21)24-11)12-5-3-2-4-6-12/h2-8,10H,9H2,1H3,(H,18,22). The van der Waals surface area contributed by atoms with Crippen LogP contribution in [0.5, 0.6) is 0 Å². The fourth-order valence-electron chi connectivity index (χ4n) is 2.53. The average molecular weight is 354 g/mol. The molecule has 0 bridgehead atoms. The Labute approximate surface area is 146 Å². The summed E-state index contributed by atoms with van der Waals surface area (Å²) in [7, 11) is 0. The summed E-state index contributed by atoms with van der Waals surface area (Å²) >= 11 is 3.05. The third-order valence-electron chi connectivity index (χ3n) is 3.64. The summed E-state index contributed by atoms with van der Waals surface area (Å²) < 4.78 is 1.83. The first-order chi connectivity index (χ1) is 11.7. The summed E-state index contributed by atoms with van der Waals surface area (Å²) in [5, 5.41) is 12.2. The molecule has 3 aromatic heterocycles. The normalized spacial score (nSPS) is 11.0. The zero-order chi connectivity index (χ0) is 16.5. The Kier molecular flexibility index (Phi) is 3.87. The molecule has 5 nitrogen and oxygen atoms in total. The first-order valence-electron chi connectivity index (χ1n) is 7.43. The van der Waals surface area contributed by atoms with E-state index in [-0.39, 0.29) is 5.91 Å². The zero-order valence-electron chi connectivity index (χ0n) is 12.9. The Balaban J connectivity index is 1.71. The SMILES string of the molecule is Cc1nn2c(CNC(=O)c3ccsc3)c(-c3ccccc3)nc2s1. The van der Waals surface area contributed by atoms with Crippen molar-refractivity contribution in [3.8, 4) is 11.3 Å². The van der Waals surface area contributed by atoms with E-state index >= 15 is 0 Å². The van der Waals surface area contributed by atoms with Gasteiger partial charge in [-0.1, -0.05) is 41.7 Å². The largest absolute Gasteiger partial charge is 0.346 e. The van der Waals surface area contributed by atoms with E-state index in [1.165, 1.54) is 11.3 Å². The summed E-state index contributed by atoms with van der Waals surface area (Å²) in [6.45, 7) is 2.33. The molecule has 0 aliphatic heterocycles. The molecule has 0 saturated carbocycles. The molecule has 3 heterocycles. The number of carbonyl (C=O) groups excluding carboxylic acids is 1. The highest BCUT2D eigenvalue weighted by Gasteiger charge is 2.18. The topological polar surface area (TPSA) is 59.3 Å². The van der Waals surface area contributed by atoms with Crippen molar-refractivity contribution in [3.63, 3.8) is 0 Å². The van der Waals surface area contributed by atoms with Gasteiger partial charge in [-0.15, -0.1) is 0 Å². The van der Waals surface area contributed by atoms with Crippen LogP contribution in [0.1, 0.15) is 21.1 Å². The summed E-state index contributed by atoms with van der Waals surface area (Å²) in [6.07, 6.45) is 0. The van der Waals surface area contributed by atoms with Gasteiger partial charge in [-0.05, 0) is 18.4 Å². The molecule has 0 aliphatic carbocycles. The number of carbonyl (C=O) groups is 1. The molecule has 4 rings (SSSR count). The highest BCUT2D eigenvalue weighted by molar-refractivity contribution is 7.16. The van der Waals surface area contributed by atoms with Gasteiger partial charge in [0.15, 0.2) is 0 Å². The van der Waals surface area contributed by atoms with E-state index in [1.807, 2.05) is 58.6 Å². The fourth-order valence-corrected chi connectivity index (χ4v) is 3.93. The van der Waals surface area contributed by atoms with Crippen LogP contribution >= 0.6 is 22.7 Å². The van der Waals surface area contributed by atoms with Crippen molar-refractivity contribution in [1.29, 1.82) is 0 Å². The molecule has 0 radical (unpaired) electrons. The Hall–Kier alpha value is -2.51. The van der Waals surface area contributed by atoms with Crippen LogP contribution in [-0.2, 0) is 6.54 Å². The van der Waals surface area contributed by atoms with Gasteiger partial charge in [0.1, 0.15) is 5.01 Å². The van der Waals surface area contributed by atoms with Gasteiger partial charge < -0.3 is 5.32 Å². The monoisotopic (exact) mass is 354 g/mol. The maximum atomic E-state index is 12.2. The predicted octanol–water partition coefficient (Wildman–Crippen LogP) is 3.76. The number of hydrogen-bond acceptors (Lipinski definition) is 5. The number of nitrogens with one attached hydrogen (secondary N) is 1. The van der Waals surface area contributed by atoms with Gasteiger partial charge in [0, 0.05) is 16.5 Å². The molecule has 0 fully saturated rings. The molecule has 0 unspecified atom stereocenters. The summed E-state index contributed by atoms with van der Waals surface area (Å²) in [5.74, 6) is -0.0860. The van der Waals surface area contributed by atoms with E-state index < -0.39 is 0 Å². The van der Waals surface area contributed by atoms with Crippen molar-refractivity contribution in [3.05, 3.63) is 63.4 Å². The van der Waals surface area contributed by atoms with Crippen LogP contribution < -0.4 is 5.32 Å². The minimum absolute atomic E-state index is 0.0860. The molecule has 0 aliphatic rings. The lowest BCUT2D eigenvalue weighted by Gasteiger charge is -2.06. The molecule has 24 heavy (non-hydrogen) atoms. The number of aromatic nitrogens is 3. The average Bonchev–Trinajstić information content (AvgIpc) is 3.29. The molecule has 1 aromatic carbocycles. The lowest BCUT2D eigenvalue weighted by molar-refractivity contribution is 0.0951. The fraction of sp³-hybridized carbons (Fsp3) is 0.118. The molecule has 1 N–H and O–H groups in total. The van der Waals surface area contributed by atoms with E-state index in [0.29, 0.717) is 12.1 Å². The molecule has 0 atom stereocenters. The smallest absolute Gasteiger partial charge is 0.252 e. The van der Waals surface area contributed by atoms with Crippen molar-refractivity contribution in [2.24, 2.45) is 0 Å². The Morgan fingerprint density at radius 3 is 2.83 bits per heavy atom. The number of fused-ring (bicyclic) bond motifs is 1. The third kappa shape index (κ3) is 2.72. The molecule has 120 valence electrons. The minimum Gasteiger partial charge on any atom is -0.346 e. The molecule has 0 saturated heterocycles. The molecule has 7 heteroatoms. The maximum Gasteiger partial charge on any atom is 0.252 e. The van der Waals surface area contributed by atoms with Gasteiger partial charge in [-0.2, -0.15) is 16.4 Å². The lowest BCUT2D eigenvalue weighted by atomic mass is 10.1. The second kappa shape index (κ2) is 6.18. The summed E-state index contributed by atoms with van der Waals surface area (Å²) in [4.78, 5) is 17.8. The molecule has 4 aromatic rings. The third-order valence-corrected chi connectivity index (χ3v) is 5.15. The molecular formula is C17H14N4OS2. The Morgan fingerprint density at radius 1 is 1.25 bits per heavy atom. The van der Waals surface area contributed by atoms with Crippen molar-refractivity contribution in [2.45, 2.75) is 13.5 Å². The number of nitrogens with zero attached hydrogens (tertiary/aromatic N) is 3. The first kappa shape index (κ1) is 15.0. The van der Waals surface area contributed by atoms with E-state index in [4.69, 9.17) is 4.98 Å². The van der Waals surface area contributed by atoms with E-state index in [9.17, 15) is 4.79 Å². The predicted molar refractivity (Wildman–Crippen MR) is 96.5 cm³/mol. The number of imidazole rings is 1. The van der Waals surface area contributed by atoms with Crippen molar-refractivity contribution >= 4 is 33.5 Å². The van der Waals surface area contributed by atoms with E-state index in [2.05, 4.69) is 10.4 Å². The van der Waals surface area contributed by atoms with Crippen molar-refractivity contribution in [2.75, 3.05) is 0 Å². The van der Waals surface area contributed by atoms with Crippen LogP contribution in [-0.4, -0.2) is 20.5 Å². The second-order valence-corrected chi connectivity index (χ2v) is 7.22. The van der Waals surface area contributed by atoms with Gasteiger partial charge in [0.25, 0.3) is 5.91 Å². The Bertz CT molecular complexity index is 987. The van der Waals surface area contributed by atoms with Crippen LogP contribution in [0.25, 0.3) is 16.2 Å². The van der Waals surface area contributed by atoms with Crippen molar-refractivity contribution in [1.82, 2.24) is 19.9 Å². The van der Waals surface area contributed by atoms with Crippen LogP contribution in [0, 0.1) is 6.92 Å². The quantitative estimate of drug-likeness (QED) is 0.607. The number of benzene rings is 1. The highest BCUT2D eigenvalue weighted by Crippen LogP contribution is 2.26.